The van der Waals surface area contributed by atoms with Crippen LogP contribution in [-0.4, -0.2) is 29.8 Å². The van der Waals surface area contributed by atoms with Crippen molar-refractivity contribution in [3.8, 4) is 6.07 Å². The first-order chi connectivity index (χ1) is 10.9. The van der Waals surface area contributed by atoms with Crippen molar-refractivity contribution in [1.29, 1.82) is 5.26 Å². The summed E-state index contributed by atoms with van der Waals surface area (Å²) in [5.74, 6) is -2.36. The predicted molar refractivity (Wildman–Crippen MR) is 83.3 cm³/mol. The third-order valence-corrected chi connectivity index (χ3v) is 3.47. The molecule has 0 saturated carbocycles. The van der Waals surface area contributed by atoms with Crippen molar-refractivity contribution in [1.82, 2.24) is 5.32 Å². The standard InChI is InChI=1S/C17H20N2O4/c1-4-23-16(22)17(11-18,19-13(3)20)12(2)10-15(21)14-8-6-5-7-9-14/h5-9,12H,4,10H2,1-3H3,(H,19,20). The number of ketones is 1. The second kappa shape index (κ2) is 8.08. The highest BCUT2D eigenvalue weighted by molar-refractivity contribution is 5.97. The van der Waals surface area contributed by atoms with E-state index in [0.717, 1.165) is 0 Å². The van der Waals surface area contributed by atoms with Crippen LogP contribution in [0.2, 0.25) is 0 Å². The van der Waals surface area contributed by atoms with Crippen LogP contribution in [0.1, 0.15) is 37.6 Å². The summed E-state index contributed by atoms with van der Waals surface area (Å²) in [4.78, 5) is 36.0. The zero-order chi connectivity index (χ0) is 17.5. The van der Waals surface area contributed by atoms with Gasteiger partial charge in [0.1, 0.15) is 6.07 Å². The molecule has 0 saturated heterocycles. The summed E-state index contributed by atoms with van der Waals surface area (Å²) in [6.07, 6.45) is -0.0728. The van der Waals surface area contributed by atoms with Crippen molar-refractivity contribution in [2.75, 3.05) is 6.61 Å². The number of esters is 1. The molecule has 6 heteroatoms. The summed E-state index contributed by atoms with van der Waals surface area (Å²) >= 11 is 0. The van der Waals surface area contributed by atoms with Gasteiger partial charge in [-0.3, -0.25) is 9.59 Å². The van der Waals surface area contributed by atoms with Crippen molar-refractivity contribution in [2.24, 2.45) is 5.92 Å². The van der Waals surface area contributed by atoms with Gasteiger partial charge in [0.05, 0.1) is 6.61 Å². The maximum Gasteiger partial charge on any atom is 0.347 e. The van der Waals surface area contributed by atoms with E-state index in [2.05, 4.69) is 5.32 Å². The Balaban J connectivity index is 3.06. The molecule has 0 aliphatic heterocycles. The van der Waals surface area contributed by atoms with Crippen LogP contribution < -0.4 is 5.32 Å². The number of carbonyl (C=O) groups excluding carboxylic acids is 3. The summed E-state index contributed by atoms with van der Waals surface area (Å²) in [6, 6.07) is 10.4. The van der Waals surface area contributed by atoms with Gasteiger partial charge in [-0.15, -0.1) is 0 Å². The smallest absolute Gasteiger partial charge is 0.347 e. The molecule has 1 aromatic rings. The first-order valence-corrected chi connectivity index (χ1v) is 7.32. The lowest BCUT2D eigenvalue weighted by molar-refractivity contribution is -0.152. The highest BCUT2D eigenvalue weighted by Crippen LogP contribution is 2.24. The van der Waals surface area contributed by atoms with Crippen LogP contribution in [0.5, 0.6) is 0 Å². The Morgan fingerprint density at radius 2 is 1.91 bits per heavy atom. The molecule has 0 bridgehead atoms. The molecule has 0 aromatic heterocycles. The first-order valence-electron chi connectivity index (χ1n) is 7.32. The van der Waals surface area contributed by atoms with Crippen LogP contribution >= 0.6 is 0 Å². The van der Waals surface area contributed by atoms with Crippen LogP contribution in [-0.2, 0) is 14.3 Å². The van der Waals surface area contributed by atoms with Crippen LogP contribution in [0.25, 0.3) is 0 Å². The molecule has 23 heavy (non-hydrogen) atoms. The van der Waals surface area contributed by atoms with Crippen LogP contribution in [0.3, 0.4) is 0 Å². The Bertz CT molecular complexity index is 621. The van der Waals surface area contributed by atoms with Crippen LogP contribution in [0.4, 0.5) is 0 Å². The average Bonchev–Trinajstić information content (AvgIpc) is 2.53. The van der Waals surface area contributed by atoms with E-state index in [-0.39, 0.29) is 18.8 Å². The highest BCUT2D eigenvalue weighted by Gasteiger charge is 2.47. The molecule has 0 aliphatic rings. The zero-order valence-corrected chi connectivity index (χ0v) is 13.5. The molecule has 0 spiro atoms. The SMILES string of the molecule is CCOC(=O)C(C#N)(NC(C)=O)C(C)CC(=O)c1ccccc1. The maximum absolute atomic E-state index is 12.3. The number of carbonyl (C=O) groups is 3. The molecule has 0 heterocycles. The summed E-state index contributed by atoms with van der Waals surface area (Å²) in [5.41, 5.74) is -1.40. The number of nitrogens with one attached hydrogen (secondary N) is 1. The Hall–Kier alpha value is -2.68. The van der Waals surface area contributed by atoms with E-state index in [1.807, 2.05) is 6.07 Å². The normalized spacial score (nSPS) is 14.0. The number of nitriles is 1. The van der Waals surface area contributed by atoms with E-state index in [0.29, 0.717) is 5.56 Å². The third-order valence-electron chi connectivity index (χ3n) is 3.47. The van der Waals surface area contributed by atoms with Gasteiger partial charge in [-0.05, 0) is 6.92 Å². The maximum atomic E-state index is 12.3. The molecule has 1 amide bonds. The number of amides is 1. The Labute approximate surface area is 135 Å². The van der Waals surface area contributed by atoms with Crippen molar-refractivity contribution < 1.29 is 19.1 Å². The Morgan fingerprint density at radius 3 is 2.39 bits per heavy atom. The molecule has 0 radical (unpaired) electrons. The van der Waals surface area contributed by atoms with Gasteiger partial charge < -0.3 is 10.1 Å². The van der Waals surface area contributed by atoms with E-state index < -0.39 is 23.3 Å². The van der Waals surface area contributed by atoms with Crippen molar-refractivity contribution >= 4 is 17.7 Å². The van der Waals surface area contributed by atoms with Gasteiger partial charge in [-0.1, -0.05) is 37.3 Å². The second-order valence-electron chi connectivity index (χ2n) is 5.22. The molecule has 1 rings (SSSR count). The van der Waals surface area contributed by atoms with Crippen LogP contribution in [0, 0.1) is 17.2 Å². The predicted octanol–water partition coefficient (Wildman–Crippen LogP) is 1.86. The zero-order valence-electron chi connectivity index (χ0n) is 13.5. The summed E-state index contributed by atoms with van der Waals surface area (Å²) in [7, 11) is 0. The molecule has 1 N–H and O–H groups in total. The molecule has 122 valence electrons. The summed E-state index contributed by atoms with van der Waals surface area (Å²) < 4.78 is 4.92. The quantitative estimate of drug-likeness (QED) is 0.612. The third kappa shape index (κ3) is 4.39. The molecule has 0 aliphatic carbocycles. The lowest BCUT2D eigenvalue weighted by Gasteiger charge is -2.30. The highest BCUT2D eigenvalue weighted by atomic mass is 16.5. The lowest BCUT2D eigenvalue weighted by Crippen LogP contribution is -2.58. The largest absolute Gasteiger partial charge is 0.463 e. The molecule has 6 nitrogen and oxygen atoms in total. The van der Waals surface area contributed by atoms with E-state index >= 15 is 0 Å². The summed E-state index contributed by atoms with van der Waals surface area (Å²) in [5, 5.41) is 11.9. The van der Waals surface area contributed by atoms with E-state index in [1.165, 1.54) is 6.92 Å². The van der Waals surface area contributed by atoms with Crippen LogP contribution in [0.15, 0.2) is 30.3 Å². The number of benzene rings is 1. The molecule has 2 atom stereocenters. The van der Waals surface area contributed by atoms with Crippen molar-refractivity contribution in [3.63, 3.8) is 0 Å². The molecular weight excluding hydrogens is 296 g/mol. The fraction of sp³-hybridized carbons (Fsp3) is 0.412. The van der Waals surface area contributed by atoms with Gasteiger partial charge in [0.15, 0.2) is 5.78 Å². The molecule has 1 aromatic carbocycles. The molecule has 0 fully saturated rings. The summed E-state index contributed by atoms with van der Waals surface area (Å²) in [6.45, 7) is 4.45. The van der Waals surface area contributed by atoms with Gasteiger partial charge in [-0.2, -0.15) is 5.26 Å². The lowest BCUT2D eigenvalue weighted by atomic mass is 9.81. The minimum Gasteiger partial charge on any atom is -0.463 e. The van der Waals surface area contributed by atoms with Gasteiger partial charge in [-0.25, -0.2) is 4.79 Å². The van der Waals surface area contributed by atoms with Gasteiger partial charge in [0, 0.05) is 24.8 Å². The Kier molecular flexibility index (Phi) is 6.46. The molecular formula is C17H20N2O4. The molecule has 2 unspecified atom stereocenters. The fourth-order valence-corrected chi connectivity index (χ4v) is 2.25. The van der Waals surface area contributed by atoms with Gasteiger partial charge in [0.25, 0.3) is 0 Å². The second-order valence-corrected chi connectivity index (χ2v) is 5.22. The number of hydrogen-bond donors (Lipinski definition) is 1. The topological polar surface area (TPSA) is 96.3 Å². The average molecular weight is 316 g/mol. The number of nitrogens with zero attached hydrogens (tertiary/aromatic N) is 1. The number of Topliss-reactive ketones (excluding diaryl/α,β-unsaturated/α-hetero) is 1. The van der Waals surface area contributed by atoms with Gasteiger partial charge in [0.2, 0.25) is 11.4 Å². The fourth-order valence-electron chi connectivity index (χ4n) is 2.25. The number of rotatable bonds is 7. The van der Waals surface area contributed by atoms with Crippen molar-refractivity contribution in [2.45, 2.75) is 32.7 Å². The van der Waals surface area contributed by atoms with E-state index in [1.54, 1.807) is 44.2 Å². The minimum absolute atomic E-state index is 0.0706. The first kappa shape index (κ1) is 18.4. The van der Waals surface area contributed by atoms with Crippen molar-refractivity contribution in [3.05, 3.63) is 35.9 Å². The van der Waals surface area contributed by atoms with E-state index in [4.69, 9.17) is 4.74 Å². The monoisotopic (exact) mass is 316 g/mol. The van der Waals surface area contributed by atoms with Gasteiger partial charge >= 0.3 is 5.97 Å². The number of ether oxygens (including phenoxy) is 1. The number of hydrogen-bond acceptors (Lipinski definition) is 5. The minimum atomic E-state index is -1.88. The van der Waals surface area contributed by atoms with E-state index in [9.17, 15) is 19.6 Å². The Morgan fingerprint density at radius 1 is 1.30 bits per heavy atom.